The Morgan fingerprint density at radius 2 is 1.55 bits per heavy atom. The molecule has 29 heavy (non-hydrogen) atoms. The molecule has 2 fully saturated rings. The van der Waals surface area contributed by atoms with Crippen molar-refractivity contribution in [3.63, 3.8) is 0 Å². The van der Waals surface area contributed by atoms with Gasteiger partial charge in [-0.2, -0.15) is 0 Å². The molecule has 1 heterocycles. The lowest BCUT2D eigenvalue weighted by Crippen LogP contribution is -3.28. The lowest BCUT2D eigenvalue weighted by atomic mass is 9.78. The number of carbonyl (C=O) groups excluding carboxylic acids is 2. The predicted molar refractivity (Wildman–Crippen MR) is 110 cm³/mol. The average Bonchev–Trinajstić information content (AvgIpc) is 2.69. The molecule has 0 spiro atoms. The van der Waals surface area contributed by atoms with Crippen molar-refractivity contribution in [1.29, 1.82) is 0 Å². The molecule has 160 valence electrons. The number of nitrogens with one attached hydrogen (secondary N) is 4. The van der Waals surface area contributed by atoms with Gasteiger partial charge in [0.05, 0.1) is 0 Å². The standard InChI is InChI=1S/C22H33FN4O2/c1-16-4-3-5-20(17(16)2)25-22(29)15-27-12-10-26(11-13-27)14-21(28)24-19-8-6-18(23)7-9-19/h6-9,16-17,20H,3-5,10-15H2,1-2H3,(H,24,28)(H,25,29)/p+2/t16-,17+,20-/m0/s1. The number of hydrogen-bond acceptors (Lipinski definition) is 2. The molecule has 2 amide bonds. The average molecular weight is 407 g/mol. The summed E-state index contributed by atoms with van der Waals surface area (Å²) in [6.07, 6.45) is 3.55. The number of quaternary nitrogens is 2. The van der Waals surface area contributed by atoms with E-state index in [-0.39, 0.29) is 17.6 Å². The molecule has 3 atom stereocenters. The zero-order valence-corrected chi connectivity index (χ0v) is 17.6. The summed E-state index contributed by atoms with van der Waals surface area (Å²) in [6, 6.07) is 6.12. The van der Waals surface area contributed by atoms with Crippen molar-refractivity contribution in [1.82, 2.24) is 5.32 Å². The van der Waals surface area contributed by atoms with E-state index in [1.807, 2.05) is 0 Å². The zero-order valence-electron chi connectivity index (χ0n) is 17.6. The Morgan fingerprint density at radius 3 is 2.17 bits per heavy atom. The molecule has 1 saturated carbocycles. The minimum Gasteiger partial charge on any atom is -0.348 e. The molecule has 3 rings (SSSR count). The highest BCUT2D eigenvalue weighted by atomic mass is 19.1. The molecular weight excluding hydrogens is 371 g/mol. The summed E-state index contributed by atoms with van der Waals surface area (Å²) in [4.78, 5) is 27.2. The van der Waals surface area contributed by atoms with Crippen LogP contribution >= 0.6 is 0 Å². The summed E-state index contributed by atoms with van der Waals surface area (Å²) < 4.78 is 12.9. The fraction of sp³-hybridized carbons (Fsp3) is 0.636. The lowest BCUT2D eigenvalue weighted by molar-refractivity contribution is -1.00. The maximum atomic E-state index is 12.9. The fourth-order valence-electron chi connectivity index (χ4n) is 4.55. The van der Waals surface area contributed by atoms with E-state index < -0.39 is 0 Å². The second-order valence-corrected chi connectivity index (χ2v) is 8.85. The van der Waals surface area contributed by atoms with Gasteiger partial charge in [-0.25, -0.2) is 4.39 Å². The highest BCUT2D eigenvalue weighted by Crippen LogP contribution is 2.29. The first-order valence-electron chi connectivity index (χ1n) is 10.9. The van der Waals surface area contributed by atoms with Crippen molar-refractivity contribution in [3.8, 4) is 0 Å². The Bertz CT molecular complexity index is 689. The first kappa shape index (κ1) is 21.7. The van der Waals surface area contributed by atoms with Crippen LogP contribution in [0.1, 0.15) is 33.1 Å². The summed E-state index contributed by atoms with van der Waals surface area (Å²) >= 11 is 0. The van der Waals surface area contributed by atoms with Crippen LogP contribution in [-0.2, 0) is 9.59 Å². The number of rotatable bonds is 6. The Kier molecular flexibility index (Phi) is 7.61. The topological polar surface area (TPSA) is 67.1 Å². The van der Waals surface area contributed by atoms with Crippen LogP contribution in [0.15, 0.2) is 24.3 Å². The Hall–Kier alpha value is -1.99. The molecule has 0 unspecified atom stereocenters. The Balaban J connectivity index is 1.36. The minimum atomic E-state index is -0.316. The molecule has 1 aromatic rings. The highest BCUT2D eigenvalue weighted by Gasteiger charge is 2.30. The van der Waals surface area contributed by atoms with Gasteiger partial charge in [-0.1, -0.05) is 26.7 Å². The molecule has 7 heteroatoms. The molecule has 2 aliphatic rings. The maximum Gasteiger partial charge on any atom is 0.279 e. The van der Waals surface area contributed by atoms with Crippen molar-refractivity contribution in [2.45, 2.75) is 39.2 Å². The fourth-order valence-corrected chi connectivity index (χ4v) is 4.55. The molecule has 1 aromatic carbocycles. The van der Waals surface area contributed by atoms with E-state index in [9.17, 15) is 14.0 Å². The minimum absolute atomic E-state index is 0.0618. The summed E-state index contributed by atoms with van der Waals surface area (Å²) in [5.41, 5.74) is 0.614. The van der Waals surface area contributed by atoms with Gasteiger partial charge in [0.2, 0.25) is 0 Å². The molecule has 6 nitrogen and oxygen atoms in total. The van der Waals surface area contributed by atoms with Gasteiger partial charge in [-0.05, 0) is 42.5 Å². The summed E-state index contributed by atoms with van der Waals surface area (Å²) in [7, 11) is 0. The first-order chi connectivity index (χ1) is 13.9. The van der Waals surface area contributed by atoms with E-state index in [0.717, 1.165) is 32.6 Å². The van der Waals surface area contributed by atoms with Crippen LogP contribution in [0.4, 0.5) is 10.1 Å². The van der Waals surface area contributed by atoms with E-state index >= 15 is 0 Å². The molecule has 0 radical (unpaired) electrons. The van der Waals surface area contributed by atoms with Crippen LogP contribution in [0.25, 0.3) is 0 Å². The predicted octanol–water partition coefficient (Wildman–Crippen LogP) is -0.511. The number of benzene rings is 1. The molecule has 1 aliphatic heterocycles. The number of halogens is 1. The third-order valence-corrected chi connectivity index (χ3v) is 6.67. The van der Waals surface area contributed by atoms with Gasteiger partial charge < -0.3 is 20.4 Å². The molecule has 1 saturated heterocycles. The summed E-state index contributed by atoms with van der Waals surface area (Å²) in [5.74, 6) is 0.999. The van der Waals surface area contributed by atoms with E-state index in [4.69, 9.17) is 0 Å². The molecule has 4 N–H and O–H groups in total. The van der Waals surface area contributed by atoms with Crippen LogP contribution in [0.3, 0.4) is 0 Å². The van der Waals surface area contributed by atoms with Crippen LogP contribution < -0.4 is 20.4 Å². The molecule has 0 bridgehead atoms. The van der Waals surface area contributed by atoms with E-state index in [0.29, 0.717) is 36.7 Å². The highest BCUT2D eigenvalue weighted by molar-refractivity contribution is 5.91. The summed E-state index contributed by atoms with van der Waals surface area (Å²) in [5, 5.41) is 6.08. The Morgan fingerprint density at radius 1 is 0.966 bits per heavy atom. The smallest absolute Gasteiger partial charge is 0.279 e. The van der Waals surface area contributed by atoms with Gasteiger partial charge in [-0.15, -0.1) is 0 Å². The number of anilines is 1. The maximum absolute atomic E-state index is 12.9. The van der Waals surface area contributed by atoms with Crippen LogP contribution in [0.5, 0.6) is 0 Å². The second kappa shape index (κ2) is 10.2. The van der Waals surface area contributed by atoms with Gasteiger partial charge in [0.15, 0.2) is 13.1 Å². The third kappa shape index (κ3) is 6.51. The van der Waals surface area contributed by atoms with Gasteiger partial charge in [0.1, 0.15) is 32.0 Å². The monoisotopic (exact) mass is 406 g/mol. The van der Waals surface area contributed by atoms with E-state index in [2.05, 4.69) is 24.5 Å². The largest absolute Gasteiger partial charge is 0.348 e. The van der Waals surface area contributed by atoms with Gasteiger partial charge in [-0.3, -0.25) is 9.59 Å². The van der Waals surface area contributed by atoms with Crippen molar-refractivity contribution >= 4 is 17.5 Å². The van der Waals surface area contributed by atoms with Gasteiger partial charge in [0, 0.05) is 11.7 Å². The van der Waals surface area contributed by atoms with Gasteiger partial charge in [0.25, 0.3) is 11.8 Å². The van der Waals surface area contributed by atoms with Gasteiger partial charge >= 0.3 is 0 Å². The van der Waals surface area contributed by atoms with Crippen LogP contribution in [-0.4, -0.2) is 57.1 Å². The Labute approximate surface area is 172 Å². The first-order valence-corrected chi connectivity index (χ1v) is 10.9. The van der Waals surface area contributed by atoms with Crippen LogP contribution in [0.2, 0.25) is 0 Å². The van der Waals surface area contributed by atoms with Crippen LogP contribution in [0, 0.1) is 17.7 Å². The normalized spacial score (nSPS) is 29.8. The van der Waals surface area contributed by atoms with Crippen molar-refractivity contribution in [3.05, 3.63) is 30.1 Å². The van der Waals surface area contributed by atoms with Crippen molar-refractivity contribution in [2.24, 2.45) is 11.8 Å². The zero-order chi connectivity index (χ0) is 20.8. The third-order valence-electron chi connectivity index (χ3n) is 6.67. The van der Waals surface area contributed by atoms with E-state index in [1.54, 1.807) is 12.1 Å². The SMILES string of the molecule is C[C@H]1[C@@H](NC(=O)C[NH+]2CC[NH+](CC(=O)Nc3ccc(F)cc3)CC2)CCC[C@@H]1C. The number of piperazine rings is 1. The van der Waals surface area contributed by atoms with Crippen molar-refractivity contribution in [2.75, 3.05) is 44.6 Å². The second-order valence-electron chi connectivity index (χ2n) is 8.85. The quantitative estimate of drug-likeness (QED) is 0.514. The molecule has 0 aromatic heterocycles. The summed E-state index contributed by atoms with van der Waals surface area (Å²) in [6.45, 7) is 8.98. The van der Waals surface area contributed by atoms with E-state index in [1.165, 1.54) is 34.8 Å². The molecular formula is C22H35FN4O2+2. The van der Waals surface area contributed by atoms with Crippen molar-refractivity contribution < 1.29 is 23.8 Å². The molecule has 1 aliphatic carbocycles. The number of hydrogen-bond donors (Lipinski definition) is 4. The number of carbonyl (C=O) groups is 2. The number of amides is 2. The lowest BCUT2D eigenvalue weighted by Gasteiger charge is -2.35.